The van der Waals surface area contributed by atoms with Crippen LogP contribution >= 0.6 is 25.3 Å². The van der Waals surface area contributed by atoms with Gasteiger partial charge in [0.2, 0.25) is 10.9 Å². The van der Waals surface area contributed by atoms with Crippen molar-refractivity contribution in [2.75, 3.05) is 0 Å². The highest BCUT2D eigenvalue weighted by Crippen LogP contribution is 2.37. The van der Waals surface area contributed by atoms with Crippen molar-refractivity contribution in [2.45, 2.75) is 22.7 Å². The molecule has 0 aliphatic rings. The van der Waals surface area contributed by atoms with E-state index in [1.807, 2.05) is 0 Å². The molecule has 140 valence electrons. The summed E-state index contributed by atoms with van der Waals surface area (Å²) in [4.78, 5) is 11.6. The SMILES string of the molecule is O=C(OC(S)C(F)(F)c1ccccc1)OC(S)C(F)(F)c1ccccc1. The van der Waals surface area contributed by atoms with Crippen LogP contribution < -0.4 is 0 Å². The third-order valence-corrected chi connectivity index (χ3v) is 4.21. The highest BCUT2D eigenvalue weighted by atomic mass is 32.1. The Morgan fingerprint density at radius 3 is 1.35 bits per heavy atom. The minimum absolute atomic E-state index is 0.454. The number of carbonyl (C=O) groups is 1. The van der Waals surface area contributed by atoms with Gasteiger partial charge in [0.1, 0.15) is 0 Å². The molecule has 0 saturated carbocycles. The largest absolute Gasteiger partial charge is 0.510 e. The summed E-state index contributed by atoms with van der Waals surface area (Å²) in [7, 11) is 0. The summed E-state index contributed by atoms with van der Waals surface area (Å²) in [6.07, 6.45) is -1.74. The Morgan fingerprint density at radius 1 is 0.731 bits per heavy atom. The molecule has 0 aliphatic heterocycles. The molecular formula is C17H14F4O3S2. The summed E-state index contributed by atoms with van der Waals surface area (Å²) in [5.74, 6) is -7.31. The highest BCUT2D eigenvalue weighted by Gasteiger charge is 2.45. The molecule has 0 bridgehead atoms. The lowest BCUT2D eigenvalue weighted by Crippen LogP contribution is -2.35. The first-order valence-electron chi connectivity index (χ1n) is 7.25. The Balaban J connectivity index is 2.01. The van der Waals surface area contributed by atoms with E-state index in [1.54, 1.807) is 0 Å². The van der Waals surface area contributed by atoms with Gasteiger partial charge >= 0.3 is 18.0 Å². The molecule has 0 aromatic heterocycles. The van der Waals surface area contributed by atoms with Crippen molar-refractivity contribution in [3.05, 3.63) is 71.8 Å². The van der Waals surface area contributed by atoms with Gasteiger partial charge in [-0.2, -0.15) is 17.6 Å². The van der Waals surface area contributed by atoms with Crippen LogP contribution in [0.3, 0.4) is 0 Å². The molecule has 0 fully saturated rings. The van der Waals surface area contributed by atoms with Gasteiger partial charge in [-0.1, -0.05) is 60.7 Å². The lowest BCUT2D eigenvalue weighted by Gasteiger charge is -2.26. The molecule has 9 heteroatoms. The fourth-order valence-corrected chi connectivity index (χ4v) is 2.43. The van der Waals surface area contributed by atoms with Gasteiger partial charge in [-0.25, -0.2) is 4.79 Å². The monoisotopic (exact) mass is 406 g/mol. The second-order valence-corrected chi connectivity index (χ2v) is 6.11. The number of carbonyl (C=O) groups excluding carboxylic acids is 1. The average molecular weight is 406 g/mol. The maximum Gasteiger partial charge on any atom is 0.510 e. The van der Waals surface area contributed by atoms with Crippen molar-refractivity contribution in [1.82, 2.24) is 0 Å². The fraction of sp³-hybridized carbons (Fsp3) is 0.235. The smallest absolute Gasteiger partial charge is 0.413 e. The number of halogens is 4. The van der Waals surface area contributed by atoms with Crippen molar-refractivity contribution in [2.24, 2.45) is 0 Å². The van der Waals surface area contributed by atoms with Crippen molar-refractivity contribution in [1.29, 1.82) is 0 Å². The predicted octanol–water partition coefficient (Wildman–Crippen LogP) is 5.24. The summed E-state index contributed by atoms with van der Waals surface area (Å²) >= 11 is 7.08. The summed E-state index contributed by atoms with van der Waals surface area (Å²) in [6, 6.07) is 13.0. The predicted molar refractivity (Wildman–Crippen MR) is 93.8 cm³/mol. The second kappa shape index (κ2) is 8.22. The van der Waals surface area contributed by atoms with E-state index in [9.17, 15) is 22.4 Å². The summed E-state index contributed by atoms with van der Waals surface area (Å²) in [5.41, 5.74) is -5.37. The minimum Gasteiger partial charge on any atom is -0.413 e. The second-order valence-electron chi connectivity index (χ2n) is 5.17. The van der Waals surface area contributed by atoms with E-state index in [0.717, 1.165) is 24.3 Å². The maximum absolute atomic E-state index is 14.2. The molecule has 0 radical (unpaired) electrons. The quantitative estimate of drug-likeness (QED) is 0.298. The standard InChI is InChI=1S/C17H14F4O3S2/c18-16(19,11-7-3-1-4-8-11)13(25)23-15(22)24-14(26)17(20,21)12-9-5-2-6-10-12/h1-10,13-14,25-26H. The van der Waals surface area contributed by atoms with Crippen molar-refractivity contribution in [3.63, 3.8) is 0 Å². The van der Waals surface area contributed by atoms with Gasteiger partial charge in [-0.15, -0.1) is 25.3 Å². The third-order valence-electron chi connectivity index (χ3n) is 3.35. The Hall–Kier alpha value is -1.87. The van der Waals surface area contributed by atoms with Crippen molar-refractivity contribution < 1.29 is 31.8 Å². The van der Waals surface area contributed by atoms with Gasteiger partial charge < -0.3 is 9.47 Å². The summed E-state index contributed by atoms with van der Waals surface area (Å²) in [5, 5.41) is 0. The maximum atomic E-state index is 14.2. The van der Waals surface area contributed by atoms with Crippen LogP contribution in [0.5, 0.6) is 0 Å². The molecule has 0 spiro atoms. The van der Waals surface area contributed by atoms with Crippen molar-refractivity contribution in [3.8, 4) is 0 Å². The van der Waals surface area contributed by atoms with Crippen LogP contribution in [-0.4, -0.2) is 17.0 Å². The zero-order chi connectivity index (χ0) is 19.4. The van der Waals surface area contributed by atoms with Crippen LogP contribution in [0.4, 0.5) is 22.4 Å². The molecule has 0 aliphatic carbocycles. The van der Waals surface area contributed by atoms with E-state index in [2.05, 4.69) is 34.7 Å². The number of hydrogen-bond donors (Lipinski definition) is 2. The molecular weight excluding hydrogens is 392 g/mol. The van der Waals surface area contributed by atoms with Gasteiger partial charge in [-0.05, 0) is 0 Å². The molecule has 2 unspecified atom stereocenters. The van der Waals surface area contributed by atoms with Gasteiger partial charge in [0, 0.05) is 11.1 Å². The highest BCUT2D eigenvalue weighted by molar-refractivity contribution is 7.81. The topological polar surface area (TPSA) is 35.5 Å². The molecule has 26 heavy (non-hydrogen) atoms. The first kappa shape index (κ1) is 20.4. The summed E-state index contributed by atoms with van der Waals surface area (Å²) < 4.78 is 65.4. The molecule has 2 aromatic rings. The van der Waals surface area contributed by atoms with E-state index >= 15 is 0 Å². The van der Waals surface area contributed by atoms with E-state index < -0.39 is 40.0 Å². The first-order valence-corrected chi connectivity index (χ1v) is 8.29. The minimum atomic E-state index is -3.66. The summed E-state index contributed by atoms with van der Waals surface area (Å²) in [6.45, 7) is 0. The number of rotatable bonds is 6. The Labute approximate surface area is 158 Å². The van der Waals surface area contributed by atoms with Gasteiger partial charge in [0.15, 0.2) is 0 Å². The van der Waals surface area contributed by atoms with Gasteiger partial charge in [0.25, 0.3) is 0 Å². The lowest BCUT2D eigenvalue weighted by molar-refractivity contribution is -0.117. The van der Waals surface area contributed by atoms with E-state index in [4.69, 9.17) is 0 Å². The van der Waals surface area contributed by atoms with Crippen LogP contribution in [0.2, 0.25) is 0 Å². The van der Waals surface area contributed by atoms with Gasteiger partial charge in [-0.3, -0.25) is 0 Å². The molecule has 0 heterocycles. The molecule has 0 saturated heterocycles. The molecule has 0 amide bonds. The number of thiol groups is 2. The molecule has 2 aromatic carbocycles. The number of alkyl halides is 4. The van der Waals surface area contributed by atoms with Crippen LogP contribution in [0, 0.1) is 0 Å². The number of ether oxygens (including phenoxy) is 2. The first-order chi connectivity index (χ1) is 12.2. The van der Waals surface area contributed by atoms with Crippen LogP contribution in [-0.2, 0) is 21.3 Å². The number of benzene rings is 2. The van der Waals surface area contributed by atoms with E-state index in [1.165, 1.54) is 36.4 Å². The van der Waals surface area contributed by atoms with Crippen molar-refractivity contribution >= 4 is 31.4 Å². The zero-order valence-electron chi connectivity index (χ0n) is 13.1. The Morgan fingerprint density at radius 2 is 1.04 bits per heavy atom. The fourth-order valence-electron chi connectivity index (χ4n) is 1.96. The zero-order valence-corrected chi connectivity index (χ0v) is 14.8. The average Bonchev–Trinajstić information content (AvgIpc) is 2.62. The molecule has 2 atom stereocenters. The molecule has 3 nitrogen and oxygen atoms in total. The number of hydrogen-bond acceptors (Lipinski definition) is 5. The van der Waals surface area contributed by atoms with Gasteiger partial charge in [0.05, 0.1) is 0 Å². The molecule has 2 rings (SSSR count). The lowest BCUT2D eigenvalue weighted by atomic mass is 10.1. The normalized spacial score (nSPS) is 14.4. The Kier molecular flexibility index (Phi) is 6.46. The van der Waals surface area contributed by atoms with E-state index in [0.29, 0.717) is 0 Å². The Bertz CT molecular complexity index is 668. The van der Waals surface area contributed by atoms with Crippen LogP contribution in [0.15, 0.2) is 60.7 Å². The van der Waals surface area contributed by atoms with Crippen LogP contribution in [0.25, 0.3) is 0 Å². The third kappa shape index (κ3) is 4.64. The van der Waals surface area contributed by atoms with E-state index in [-0.39, 0.29) is 0 Å². The van der Waals surface area contributed by atoms with Crippen LogP contribution in [0.1, 0.15) is 11.1 Å². The molecule has 0 N–H and O–H groups in total.